The monoisotopic (exact) mass is 330 g/mol. The number of hydrazine groups is 1. The van der Waals surface area contributed by atoms with E-state index in [9.17, 15) is 14.9 Å². The molecular weight excluding hydrogens is 316 g/mol. The summed E-state index contributed by atoms with van der Waals surface area (Å²) in [7, 11) is 0. The summed E-state index contributed by atoms with van der Waals surface area (Å²) >= 11 is 7.79. The van der Waals surface area contributed by atoms with Crippen LogP contribution in [0.15, 0.2) is 12.1 Å². The Morgan fingerprint density at radius 2 is 2.10 bits per heavy atom. The highest BCUT2D eigenvalue weighted by Crippen LogP contribution is 2.33. The molecule has 0 aromatic heterocycles. The van der Waals surface area contributed by atoms with E-state index in [1.807, 2.05) is 11.8 Å². The van der Waals surface area contributed by atoms with Crippen LogP contribution in [0, 0.1) is 10.1 Å². The van der Waals surface area contributed by atoms with E-state index in [4.69, 9.17) is 17.4 Å². The standard InChI is InChI=1S/C12H15ClN4O3S/c13-9-5-7(6-10(17(19)20)11(9)16-14)12(18)15-8-1-3-21-4-2-8/h5-6,8,16H,1-4,14H2,(H,15,18). The lowest BCUT2D eigenvalue weighted by atomic mass is 10.1. The predicted octanol–water partition coefficient (Wildman–Crippen LogP) is 2.16. The molecule has 4 N–H and O–H groups in total. The van der Waals surface area contributed by atoms with Crippen molar-refractivity contribution >= 4 is 40.6 Å². The Balaban J connectivity index is 2.22. The van der Waals surface area contributed by atoms with E-state index in [1.54, 1.807) is 0 Å². The summed E-state index contributed by atoms with van der Waals surface area (Å²) in [4.78, 5) is 22.6. The molecule has 114 valence electrons. The number of nitro benzene ring substituents is 1. The third-order valence-corrected chi connectivity index (χ3v) is 4.58. The zero-order valence-corrected chi connectivity index (χ0v) is 12.7. The molecule has 0 spiro atoms. The molecule has 1 heterocycles. The van der Waals surface area contributed by atoms with Crippen molar-refractivity contribution < 1.29 is 9.72 Å². The minimum absolute atomic E-state index is 0.00715. The molecule has 0 saturated carbocycles. The topological polar surface area (TPSA) is 110 Å². The maximum atomic E-state index is 12.2. The summed E-state index contributed by atoms with van der Waals surface area (Å²) in [5.74, 6) is 6.87. The number of thioether (sulfide) groups is 1. The zero-order valence-electron chi connectivity index (χ0n) is 11.1. The van der Waals surface area contributed by atoms with Gasteiger partial charge in [0.1, 0.15) is 5.69 Å². The van der Waals surface area contributed by atoms with Gasteiger partial charge in [-0.25, -0.2) is 0 Å². The number of nitro groups is 1. The largest absolute Gasteiger partial charge is 0.349 e. The third-order valence-electron chi connectivity index (χ3n) is 3.23. The molecule has 0 atom stereocenters. The zero-order chi connectivity index (χ0) is 15.4. The van der Waals surface area contributed by atoms with E-state index in [1.165, 1.54) is 12.1 Å². The lowest BCUT2D eigenvalue weighted by Crippen LogP contribution is -2.37. The quantitative estimate of drug-likeness (QED) is 0.443. The second kappa shape index (κ2) is 6.97. The van der Waals surface area contributed by atoms with Crippen molar-refractivity contribution in [2.45, 2.75) is 18.9 Å². The van der Waals surface area contributed by atoms with Gasteiger partial charge in [0, 0.05) is 17.7 Å². The van der Waals surface area contributed by atoms with Crippen molar-refractivity contribution in [3.05, 3.63) is 32.8 Å². The molecule has 0 radical (unpaired) electrons. The lowest BCUT2D eigenvalue weighted by Gasteiger charge is -2.22. The van der Waals surface area contributed by atoms with Crippen LogP contribution < -0.4 is 16.6 Å². The van der Waals surface area contributed by atoms with Gasteiger partial charge < -0.3 is 10.7 Å². The van der Waals surface area contributed by atoms with E-state index >= 15 is 0 Å². The third kappa shape index (κ3) is 3.78. The number of nitrogens with two attached hydrogens (primary N) is 1. The minimum Gasteiger partial charge on any atom is -0.349 e. The number of carbonyl (C=O) groups is 1. The van der Waals surface area contributed by atoms with Crippen molar-refractivity contribution in [2.75, 3.05) is 16.9 Å². The normalized spacial score (nSPS) is 15.5. The van der Waals surface area contributed by atoms with Crippen LogP contribution in [0.2, 0.25) is 5.02 Å². The van der Waals surface area contributed by atoms with E-state index in [0.717, 1.165) is 24.3 Å². The number of hydrogen-bond acceptors (Lipinski definition) is 6. The van der Waals surface area contributed by atoms with Crippen molar-refractivity contribution in [3.63, 3.8) is 0 Å². The van der Waals surface area contributed by atoms with Crippen molar-refractivity contribution in [1.29, 1.82) is 0 Å². The maximum Gasteiger partial charge on any atom is 0.295 e. The molecular formula is C12H15ClN4O3S. The molecule has 1 amide bonds. The second-order valence-corrected chi connectivity index (χ2v) is 6.25. The van der Waals surface area contributed by atoms with Crippen molar-refractivity contribution in [3.8, 4) is 0 Å². The predicted molar refractivity (Wildman–Crippen MR) is 83.7 cm³/mol. The molecule has 0 unspecified atom stereocenters. The Kier molecular flexibility index (Phi) is 5.27. The Labute approximate surface area is 130 Å². The lowest BCUT2D eigenvalue weighted by molar-refractivity contribution is -0.384. The Morgan fingerprint density at radius 1 is 1.43 bits per heavy atom. The first-order valence-electron chi connectivity index (χ1n) is 6.36. The van der Waals surface area contributed by atoms with Crippen molar-refractivity contribution in [2.24, 2.45) is 5.84 Å². The summed E-state index contributed by atoms with van der Waals surface area (Å²) in [5, 5.41) is 13.9. The Morgan fingerprint density at radius 3 is 2.67 bits per heavy atom. The molecule has 1 aliphatic heterocycles. The molecule has 1 aromatic carbocycles. The number of benzene rings is 1. The fourth-order valence-corrected chi connectivity index (χ4v) is 3.50. The van der Waals surface area contributed by atoms with Crippen LogP contribution in [-0.2, 0) is 0 Å². The number of amides is 1. The number of halogens is 1. The molecule has 21 heavy (non-hydrogen) atoms. The van der Waals surface area contributed by atoms with Gasteiger partial charge in [0.05, 0.1) is 9.95 Å². The summed E-state index contributed by atoms with van der Waals surface area (Å²) < 4.78 is 0. The number of carbonyl (C=O) groups excluding carboxylic acids is 1. The first kappa shape index (κ1) is 15.9. The Hall–Kier alpha value is -1.51. The molecule has 1 aliphatic rings. The number of nitrogen functional groups attached to an aromatic ring is 1. The molecule has 9 heteroatoms. The average molecular weight is 331 g/mol. The highest BCUT2D eigenvalue weighted by Gasteiger charge is 2.23. The van der Waals surface area contributed by atoms with Crippen molar-refractivity contribution in [1.82, 2.24) is 5.32 Å². The smallest absolute Gasteiger partial charge is 0.295 e. The van der Waals surface area contributed by atoms with Gasteiger partial charge in [-0.05, 0) is 30.4 Å². The second-order valence-electron chi connectivity index (χ2n) is 4.61. The average Bonchev–Trinajstić information content (AvgIpc) is 2.47. The molecule has 0 aliphatic carbocycles. The van der Waals surface area contributed by atoms with Gasteiger partial charge in [0.25, 0.3) is 11.6 Å². The Bertz CT molecular complexity index is 564. The van der Waals surface area contributed by atoms with Gasteiger partial charge in [-0.2, -0.15) is 11.8 Å². The fourth-order valence-electron chi connectivity index (χ4n) is 2.12. The molecule has 2 rings (SSSR count). The molecule has 1 saturated heterocycles. The molecule has 1 aromatic rings. The summed E-state index contributed by atoms with van der Waals surface area (Å²) in [6, 6.07) is 2.65. The van der Waals surface area contributed by atoms with Gasteiger partial charge in [-0.3, -0.25) is 20.8 Å². The van der Waals surface area contributed by atoms with Crippen LogP contribution in [0.5, 0.6) is 0 Å². The first-order chi connectivity index (χ1) is 10.0. The van der Waals surface area contributed by atoms with Crippen LogP contribution in [0.1, 0.15) is 23.2 Å². The number of nitrogens with zero attached hydrogens (tertiary/aromatic N) is 1. The molecule has 7 nitrogen and oxygen atoms in total. The first-order valence-corrected chi connectivity index (χ1v) is 7.89. The van der Waals surface area contributed by atoms with Crippen LogP contribution in [0.25, 0.3) is 0 Å². The maximum absolute atomic E-state index is 12.2. The fraction of sp³-hybridized carbons (Fsp3) is 0.417. The van der Waals surface area contributed by atoms with Gasteiger partial charge >= 0.3 is 0 Å². The van der Waals surface area contributed by atoms with Gasteiger partial charge in [-0.15, -0.1) is 0 Å². The van der Waals surface area contributed by atoms with Crippen LogP contribution in [-0.4, -0.2) is 28.4 Å². The van der Waals surface area contributed by atoms with Gasteiger partial charge in [-0.1, -0.05) is 11.6 Å². The van der Waals surface area contributed by atoms with Crippen LogP contribution >= 0.6 is 23.4 Å². The number of rotatable bonds is 4. The van der Waals surface area contributed by atoms with Crippen LogP contribution in [0.3, 0.4) is 0 Å². The van der Waals surface area contributed by atoms with Gasteiger partial charge in [0.2, 0.25) is 0 Å². The number of hydrogen-bond donors (Lipinski definition) is 3. The molecule has 0 bridgehead atoms. The SMILES string of the molecule is NNc1c(Cl)cc(C(=O)NC2CCSCC2)cc1[N+](=O)[O-]. The summed E-state index contributed by atoms with van der Waals surface area (Å²) in [6.07, 6.45) is 1.79. The highest BCUT2D eigenvalue weighted by molar-refractivity contribution is 7.99. The van der Waals surface area contributed by atoms with E-state index in [2.05, 4.69) is 10.7 Å². The van der Waals surface area contributed by atoms with E-state index in [-0.39, 0.29) is 33.9 Å². The number of nitrogens with one attached hydrogen (secondary N) is 2. The van der Waals surface area contributed by atoms with Gasteiger partial charge in [0.15, 0.2) is 0 Å². The number of anilines is 1. The summed E-state index contributed by atoms with van der Waals surface area (Å²) in [6.45, 7) is 0. The van der Waals surface area contributed by atoms with Crippen LogP contribution in [0.4, 0.5) is 11.4 Å². The minimum atomic E-state index is -0.630. The van der Waals surface area contributed by atoms with E-state index in [0.29, 0.717) is 0 Å². The summed E-state index contributed by atoms with van der Waals surface area (Å²) in [5.41, 5.74) is 2.01. The van der Waals surface area contributed by atoms with E-state index < -0.39 is 4.92 Å². The highest BCUT2D eigenvalue weighted by atomic mass is 35.5. The molecule has 1 fully saturated rings.